The molecule has 1 fully saturated rings. The molecule has 2 rings (SSSR count). The summed E-state index contributed by atoms with van der Waals surface area (Å²) in [5.41, 5.74) is 2.34. The molecule has 1 aromatic rings. The molecule has 0 aromatic heterocycles. The zero-order chi connectivity index (χ0) is 11.4. The number of halogens is 1. The van der Waals surface area contributed by atoms with E-state index in [1.54, 1.807) is 0 Å². The number of ether oxygens (including phenoxy) is 1. The van der Waals surface area contributed by atoms with Crippen LogP contribution in [0.4, 0.5) is 0 Å². The van der Waals surface area contributed by atoms with E-state index in [9.17, 15) is 0 Å². The van der Waals surface area contributed by atoms with Crippen molar-refractivity contribution in [1.29, 1.82) is 0 Å². The normalized spacial score (nSPS) is 20.2. The predicted molar refractivity (Wildman–Crippen MR) is 63.5 cm³/mol. The molecule has 1 saturated heterocycles. The third-order valence-corrected chi connectivity index (χ3v) is 3.27. The van der Waals surface area contributed by atoms with Gasteiger partial charge in [-0.15, -0.1) is 0 Å². The van der Waals surface area contributed by atoms with Gasteiger partial charge in [-0.3, -0.25) is 0 Å². The van der Waals surface area contributed by atoms with Gasteiger partial charge in [0, 0.05) is 17.5 Å². The summed E-state index contributed by atoms with van der Waals surface area (Å²) < 4.78 is 5.37. The Hall–Kier alpha value is -0.610. The lowest BCUT2D eigenvalue weighted by Gasteiger charge is -2.11. The van der Waals surface area contributed by atoms with Crippen molar-refractivity contribution in [3.05, 3.63) is 34.3 Å². The van der Waals surface area contributed by atoms with Gasteiger partial charge in [0.2, 0.25) is 0 Å². The Labute approximate surface area is 100 Å². The predicted octanol–water partition coefficient (Wildman–Crippen LogP) is 2.28. The molecule has 1 aliphatic heterocycles. The molecular formula is C12H16ClNO2. The van der Waals surface area contributed by atoms with Crippen LogP contribution in [0.2, 0.25) is 5.02 Å². The average molecular weight is 242 g/mol. The Kier molecular flexibility index (Phi) is 4.18. The molecule has 1 unspecified atom stereocenters. The summed E-state index contributed by atoms with van der Waals surface area (Å²) in [5, 5.41) is 0.824. The fourth-order valence-corrected chi connectivity index (χ4v) is 2.37. The summed E-state index contributed by atoms with van der Waals surface area (Å²) in [6.07, 6.45) is 1.85. The lowest BCUT2D eigenvalue weighted by Crippen LogP contribution is -2.04. The van der Waals surface area contributed by atoms with E-state index in [-0.39, 0.29) is 0 Å². The molecule has 88 valence electrons. The monoisotopic (exact) mass is 241 g/mol. The molecule has 16 heavy (non-hydrogen) atoms. The number of rotatable bonds is 4. The largest absolute Gasteiger partial charge is 0.381 e. The number of hydrogen-bond acceptors (Lipinski definition) is 3. The van der Waals surface area contributed by atoms with E-state index >= 15 is 0 Å². The van der Waals surface area contributed by atoms with Gasteiger partial charge in [0.1, 0.15) is 0 Å². The van der Waals surface area contributed by atoms with Crippen molar-refractivity contribution in [2.75, 3.05) is 19.8 Å². The molecule has 0 bridgehead atoms. The van der Waals surface area contributed by atoms with E-state index in [1.807, 2.05) is 6.07 Å². The van der Waals surface area contributed by atoms with Crippen molar-refractivity contribution in [1.82, 2.24) is 0 Å². The Bertz CT molecular complexity index is 351. The van der Waals surface area contributed by atoms with E-state index in [1.165, 1.54) is 5.56 Å². The van der Waals surface area contributed by atoms with Gasteiger partial charge < -0.3 is 9.57 Å². The first-order chi connectivity index (χ1) is 7.81. The zero-order valence-electron chi connectivity index (χ0n) is 9.12. The molecule has 4 heteroatoms. The van der Waals surface area contributed by atoms with Crippen LogP contribution in [-0.4, -0.2) is 19.8 Å². The Morgan fingerprint density at radius 3 is 3.00 bits per heavy atom. The molecule has 1 heterocycles. The van der Waals surface area contributed by atoms with Crippen LogP contribution < -0.4 is 5.90 Å². The van der Waals surface area contributed by atoms with Crippen LogP contribution >= 0.6 is 11.6 Å². The van der Waals surface area contributed by atoms with Crippen LogP contribution in [-0.2, 0) is 16.0 Å². The maximum Gasteiger partial charge on any atom is 0.0719 e. The molecule has 2 N–H and O–H groups in total. The van der Waals surface area contributed by atoms with Crippen molar-refractivity contribution < 1.29 is 9.57 Å². The van der Waals surface area contributed by atoms with Gasteiger partial charge in [0.25, 0.3) is 0 Å². The highest BCUT2D eigenvalue weighted by Gasteiger charge is 2.20. The second-order valence-electron chi connectivity index (χ2n) is 4.04. The van der Waals surface area contributed by atoms with Crippen LogP contribution in [0.3, 0.4) is 0 Å². The molecule has 0 spiro atoms. The van der Waals surface area contributed by atoms with Gasteiger partial charge in [-0.05, 0) is 30.0 Å². The van der Waals surface area contributed by atoms with Gasteiger partial charge in [0.05, 0.1) is 13.2 Å². The van der Waals surface area contributed by atoms with Crippen molar-refractivity contribution in [3.63, 3.8) is 0 Å². The minimum atomic E-state index is 0.451. The summed E-state index contributed by atoms with van der Waals surface area (Å²) in [6.45, 7) is 2.14. The van der Waals surface area contributed by atoms with E-state index in [0.717, 1.165) is 36.6 Å². The maximum atomic E-state index is 6.26. The summed E-state index contributed by atoms with van der Waals surface area (Å²) in [6, 6.07) is 6.17. The van der Waals surface area contributed by atoms with Gasteiger partial charge >= 0.3 is 0 Å². The van der Waals surface area contributed by atoms with Crippen LogP contribution in [0.5, 0.6) is 0 Å². The molecular weight excluding hydrogens is 226 g/mol. The van der Waals surface area contributed by atoms with Crippen LogP contribution in [0.25, 0.3) is 0 Å². The van der Waals surface area contributed by atoms with E-state index < -0.39 is 0 Å². The summed E-state index contributed by atoms with van der Waals surface area (Å²) in [5.74, 6) is 5.45. The smallest absolute Gasteiger partial charge is 0.0719 e. The highest BCUT2D eigenvalue weighted by Crippen LogP contribution is 2.31. The van der Waals surface area contributed by atoms with Crippen molar-refractivity contribution >= 4 is 11.6 Å². The summed E-state index contributed by atoms with van der Waals surface area (Å²) in [7, 11) is 0. The average Bonchev–Trinajstić information content (AvgIpc) is 2.80. The lowest BCUT2D eigenvalue weighted by molar-refractivity contribution is 0.141. The highest BCUT2D eigenvalue weighted by atomic mass is 35.5. The van der Waals surface area contributed by atoms with Gasteiger partial charge in [-0.1, -0.05) is 23.7 Å². The van der Waals surface area contributed by atoms with Crippen LogP contribution in [0.15, 0.2) is 18.2 Å². The van der Waals surface area contributed by atoms with Crippen LogP contribution in [0, 0.1) is 0 Å². The van der Waals surface area contributed by atoms with Crippen molar-refractivity contribution in [3.8, 4) is 0 Å². The first-order valence-electron chi connectivity index (χ1n) is 5.49. The fraction of sp³-hybridized carbons (Fsp3) is 0.500. The second-order valence-corrected chi connectivity index (χ2v) is 4.44. The standard InChI is InChI=1S/C12H16ClNO2/c13-12-7-9(3-6-16-14)1-2-11(12)10-4-5-15-8-10/h1-2,7,10H,3-6,8,14H2. The van der Waals surface area contributed by atoms with Gasteiger partial charge in [-0.25, -0.2) is 5.90 Å². The Morgan fingerprint density at radius 1 is 1.50 bits per heavy atom. The van der Waals surface area contributed by atoms with E-state index in [2.05, 4.69) is 17.0 Å². The second kappa shape index (κ2) is 5.64. The third kappa shape index (κ3) is 2.74. The quantitative estimate of drug-likeness (QED) is 0.823. The molecule has 0 aliphatic carbocycles. The molecule has 0 amide bonds. The third-order valence-electron chi connectivity index (χ3n) is 2.94. The fourth-order valence-electron chi connectivity index (χ4n) is 2.01. The molecule has 1 aliphatic rings. The lowest BCUT2D eigenvalue weighted by atomic mass is 9.97. The first-order valence-corrected chi connectivity index (χ1v) is 5.87. The van der Waals surface area contributed by atoms with Crippen LogP contribution in [0.1, 0.15) is 23.5 Å². The number of nitrogens with two attached hydrogens (primary N) is 1. The minimum absolute atomic E-state index is 0.451. The molecule has 0 radical (unpaired) electrons. The van der Waals surface area contributed by atoms with E-state index in [0.29, 0.717) is 12.5 Å². The SMILES string of the molecule is NOCCc1ccc(C2CCOC2)c(Cl)c1. The van der Waals surface area contributed by atoms with E-state index in [4.69, 9.17) is 22.2 Å². The zero-order valence-corrected chi connectivity index (χ0v) is 9.87. The topological polar surface area (TPSA) is 44.5 Å². The number of hydrogen-bond donors (Lipinski definition) is 1. The first kappa shape index (κ1) is 11.9. The number of benzene rings is 1. The highest BCUT2D eigenvalue weighted by molar-refractivity contribution is 6.31. The Morgan fingerprint density at radius 2 is 2.38 bits per heavy atom. The minimum Gasteiger partial charge on any atom is -0.381 e. The van der Waals surface area contributed by atoms with Crippen molar-refractivity contribution in [2.45, 2.75) is 18.8 Å². The molecule has 3 nitrogen and oxygen atoms in total. The summed E-state index contributed by atoms with van der Waals surface area (Å²) >= 11 is 6.26. The molecule has 1 atom stereocenters. The van der Waals surface area contributed by atoms with Crippen molar-refractivity contribution in [2.24, 2.45) is 5.90 Å². The Balaban J connectivity index is 2.09. The molecule has 1 aromatic carbocycles. The van der Waals surface area contributed by atoms with Gasteiger partial charge in [0.15, 0.2) is 0 Å². The van der Waals surface area contributed by atoms with Gasteiger partial charge in [-0.2, -0.15) is 0 Å². The summed E-state index contributed by atoms with van der Waals surface area (Å²) in [4.78, 5) is 4.55. The maximum absolute atomic E-state index is 6.26. The molecule has 0 saturated carbocycles.